The Hall–Kier alpha value is -4.16. The molecule has 0 radical (unpaired) electrons. The quantitative estimate of drug-likeness (QED) is 0.195. The highest BCUT2D eigenvalue weighted by molar-refractivity contribution is 5.98. The number of piperidine rings is 2. The lowest BCUT2D eigenvalue weighted by Gasteiger charge is -2.41. The average molecular weight is 750 g/mol. The van der Waals surface area contributed by atoms with E-state index in [0.29, 0.717) is 13.1 Å². The van der Waals surface area contributed by atoms with Crippen molar-refractivity contribution in [3.8, 4) is 0 Å². The number of likely N-dealkylation sites (tertiary alicyclic amines) is 2. The van der Waals surface area contributed by atoms with E-state index in [4.69, 9.17) is 0 Å². The number of hydrogen-bond acceptors (Lipinski definition) is 6. The predicted molar refractivity (Wildman–Crippen MR) is 205 cm³/mol. The fourth-order valence-electron chi connectivity index (χ4n) is 8.12. The van der Waals surface area contributed by atoms with Crippen LogP contribution in [0.5, 0.6) is 0 Å². The molecule has 2 saturated carbocycles. The maximum atomic E-state index is 14.6. The minimum Gasteiger partial charge on any atom is -0.333 e. The molecule has 5 rings (SSSR count). The molecule has 8 amide bonds. The highest BCUT2D eigenvalue weighted by Crippen LogP contribution is 2.65. The molecule has 4 N–H and O–H groups in total. The van der Waals surface area contributed by atoms with Crippen LogP contribution < -0.4 is 21.4 Å². The number of amides is 8. The van der Waals surface area contributed by atoms with Crippen LogP contribution in [0.2, 0.25) is 0 Å². The molecule has 0 bridgehead atoms. The minimum atomic E-state index is -1.01. The normalized spacial score (nSPS) is 24.8. The Morgan fingerprint density at radius 3 is 2.00 bits per heavy atom. The smallest absolute Gasteiger partial charge is 0.333 e. The predicted octanol–water partition coefficient (Wildman–Crippen LogP) is 4.99. The SMILES string of the molecule is C[C@H](NC(=O)N(CC1CC1)NC(=O)[C@@H]1[C@@H]2[C@H](CN1C(=O)[C@@H](NC(=O)N[C@H](CN1C(=O)CC(C)(C)CC1=O)C(C)(C)C)C(C)(C)C)C2(C)C)c1ccccc1. The number of nitrogens with one attached hydrogen (secondary N) is 4. The molecule has 0 spiro atoms. The van der Waals surface area contributed by atoms with Crippen LogP contribution >= 0.6 is 0 Å². The van der Waals surface area contributed by atoms with Gasteiger partial charge in [0.15, 0.2) is 0 Å². The molecule has 13 heteroatoms. The fraction of sp³-hybridized carbons (Fsp3) is 0.707. The lowest BCUT2D eigenvalue weighted by atomic mass is 9.80. The van der Waals surface area contributed by atoms with Crippen molar-refractivity contribution in [1.82, 2.24) is 36.2 Å². The number of hydrogen-bond donors (Lipinski definition) is 4. The van der Waals surface area contributed by atoms with Gasteiger partial charge in [0.1, 0.15) is 12.1 Å². The number of imide groups is 1. The van der Waals surface area contributed by atoms with Crippen LogP contribution in [0.3, 0.4) is 0 Å². The molecule has 1 aromatic rings. The number of hydrazine groups is 1. The van der Waals surface area contributed by atoms with Crippen molar-refractivity contribution in [2.24, 2.45) is 39.4 Å². The second-order valence-electron chi connectivity index (χ2n) is 19.8. The van der Waals surface area contributed by atoms with E-state index in [-0.39, 0.29) is 66.3 Å². The van der Waals surface area contributed by atoms with E-state index in [1.165, 1.54) is 9.91 Å². The van der Waals surface area contributed by atoms with Crippen molar-refractivity contribution in [2.45, 2.75) is 126 Å². The number of fused-ring (bicyclic) bond motifs is 1. The maximum absolute atomic E-state index is 14.6. The molecule has 4 fully saturated rings. The number of carbonyl (C=O) groups excluding carboxylic acids is 6. The van der Waals surface area contributed by atoms with Gasteiger partial charge in [-0.3, -0.25) is 29.5 Å². The zero-order chi connectivity index (χ0) is 40.1. The van der Waals surface area contributed by atoms with Crippen LogP contribution in [0.4, 0.5) is 9.59 Å². The summed E-state index contributed by atoms with van der Waals surface area (Å²) in [5.74, 6) is -1.08. The molecule has 4 aliphatic rings. The molecule has 13 nitrogen and oxygen atoms in total. The van der Waals surface area contributed by atoms with Gasteiger partial charge in [-0.05, 0) is 64.7 Å². The van der Waals surface area contributed by atoms with Gasteiger partial charge in [-0.1, -0.05) is 99.6 Å². The first kappa shape index (κ1) is 41.0. The summed E-state index contributed by atoms with van der Waals surface area (Å²) in [7, 11) is 0. The van der Waals surface area contributed by atoms with E-state index in [1.54, 1.807) is 4.90 Å². The average Bonchev–Trinajstić information content (AvgIpc) is 3.90. The Bertz CT molecular complexity index is 1610. The van der Waals surface area contributed by atoms with Gasteiger partial charge in [-0.2, -0.15) is 0 Å². The summed E-state index contributed by atoms with van der Waals surface area (Å²) in [5.41, 5.74) is 1.97. The topological polar surface area (TPSA) is 160 Å². The largest absolute Gasteiger partial charge is 0.336 e. The second kappa shape index (κ2) is 14.8. The lowest BCUT2D eigenvalue weighted by molar-refractivity contribution is -0.153. The number of rotatable bonds is 10. The summed E-state index contributed by atoms with van der Waals surface area (Å²) in [5, 5.41) is 10.3. The highest BCUT2D eigenvalue weighted by atomic mass is 16.2. The van der Waals surface area contributed by atoms with Gasteiger partial charge in [0.05, 0.1) is 12.1 Å². The first-order valence-corrected chi connectivity index (χ1v) is 19.5. The molecular weight excluding hydrogens is 686 g/mol. The molecule has 298 valence electrons. The second-order valence-corrected chi connectivity index (χ2v) is 19.8. The summed E-state index contributed by atoms with van der Waals surface area (Å²) in [6, 6.07) is 5.86. The maximum Gasteiger partial charge on any atom is 0.336 e. The number of benzene rings is 1. The fourth-order valence-corrected chi connectivity index (χ4v) is 8.12. The Morgan fingerprint density at radius 2 is 1.46 bits per heavy atom. The molecule has 2 saturated heterocycles. The van der Waals surface area contributed by atoms with Gasteiger partial charge in [0.2, 0.25) is 17.7 Å². The van der Waals surface area contributed by atoms with Crippen molar-refractivity contribution in [3.05, 3.63) is 35.9 Å². The Morgan fingerprint density at radius 1 is 0.870 bits per heavy atom. The summed E-state index contributed by atoms with van der Waals surface area (Å²) in [6.07, 6.45) is 2.42. The van der Waals surface area contributed by atoms with Gasteiger partial charge in [0, 0.05) is 32.5 Å². The monoisotopic (exact) mass is 749 g/mol. The van der Waals surface area contributed by atoms with E-state index in [1.807, 2.05) is 92.6 Å². The van der Waals surface area contributed by atoms with E-state index in [0.717, 1.165) is 18.4 Å². The van der Waals surface area contributed by atoms with E-state index in [9.17, 15) is 28.8 Å². The van der Waals surface area contributed by atoms with Crippen molar-refractivity contribution in [3.63, 3.8) is 0 Å². The standard InChI is InChI=1S/C41H63N7O6/c1-24(26-15-13-12-14-16-26)42-37(54)48(21-25-17-18-25)45-34(51)32-31-27(41(31,10)11)22-47(32)35(52)33(39(5,6)7)44-36(53)43-28(38(2,3)4)23-46-29(49)19-40(8,9)20-30(46)50/h12-16,24-25,27-28,31-33H,17-23H2,1-11H3,(H,42,54)(H,45,51)(H2,43,44,53)/t24-,27-,28+,31-,32-,33+/m0/s1. The minimum absolute atomic E-state index is 0.0146. The number of nitrogens with zero attached hydrogens (tertiary/aromatic N) is 3. The van der Waals surface area contributed by atoms with Crippen molar-refractivity contribution >= 4 is 35.7 Å². The molecule has 2 aliphatic carbocycles. The molecular formula is C41H63N7O6. The van der Waals surface area contributed by atoms with Crippen molar-refractivity contribution in [1.29, 1.82) is 0 Å². The summed E-state index contributed by atoms with van der Waals surface area (Å²) >= 11 is 0. The van der Waals surface area contributed by atoms with Crippen LogP contribution in [0, 0.1) is 39.4 Å². The van der Waals surface area contributed by atoms with Crippen LogP contribution in [-0.2, 0) is 19.2 Å². The third-order valence-corrected chi connectivity index (χ3v) is 12.0. The summed E-state index contributed by atoms with van der Waals surface area (Å²) in [4.78, 5) is 85.1. The third kappa shape index (κ3) is 9.20. The molecule has 0 aromatic heterocycles. The molecule has 1 aromatic carbocycles. The summed E-state index contributed by atoms with van der Waals surface area (Å²) < 4.78 is 0. The van der Waals surface area contributed by atoms with Crippen molar-refractivity contribution < 1.29 is 28.8 Å². The van der Waals surface area contributed by atoms with Gasteiger partial charge in [-0.25, -0.2) is 14.6 Å². The highest BCUT2D eigenvalue weighted by Gasteiger charge is 2.70. The Labute approximate surface area is 321 Å². The Balaban J connectivity index is 1.31. The van der Waals surface area contributed by atoms with Crippen LogP contribution in [-0.4, -0.2) is 88.3 Å². The summed E-state index contributed by atoms with van der Waals surface area (Å²) in [6.45, 7) is 21.9. The zero-order valence-electron chi connectivity index (χ0n) is 34.2. The number of carbonyl (C=O) groups is 6. The first-order chi connectivity index (χ1) is 24.9. The van der Waals surface area contributed by atoms with E-state index >= 15 is 0 Å². The molecule has 2 aliphatic heterocycles. The van der Waals surface area contributed by atoms with E-state index < -0.39 is 52.3 Å². The third-order valence-electron chi connectivity index (χ3n) is 12.0. The number of urea groups is 2. The van der Waals surface area contributed by atoms with Crippen LogP contribution in [0.15, 0.2) is 30.3 Å². The van der Waals surface area contributed by atoms with Crippen molar-refractivity contribution in [2.75, 3.05) is 19.6 Å². The van der Waals surface area contributed by atoms with Gasteiger partial charge >= 0.3 is 12.1 Å². The van der Waals surface area contributed by atoms with Crippen LogP contribution in [0.25, 0.3) is 0 Å². The molecule has 2 heterocycles. The Kier molecular flexibility index (Phi) is 11.3. The lowest BCUT2D eigenvalue weighted by Crippen LogP contribution is -2.63. The van der Waals surface area contributed by atoms with Crippen LogP contribution in [0.1, 0.15) is 113 Å². The molecule has 0 unspecified atom stereocenters. The van der Waals surface area contributed by atoms with E-state index in [2.05, 4.69) is 35.2 Å². The molecule has 54 heavy (non-hydrogen) atoms. The zero-order valence-corrected chi connectivity index (χ0v) is 34.2. The van der Waals surface area contributed by atoms with Gasteiger partial charge < -0.3 is 20.9 Å². The first-order valence-electron chi connectivity index (χ1n) is 19.5. The molecule has 6 atom stereocenters. The van der Waals surface area contributed by atoms with Gasteiger partial charge in [0.25, 0.3) is 5.91 Å². The van der Waals surface area contributed by atoms with Gasteiger partial charge in [-0.15, -0.1) is 0 Å².